The molecular weight excluding hydrogens is 256 g/mol. The fourth-order valence-corrected chi connectivity index (χ4v) is 1.20. The van der Waals surface area contributed by atoms with Crippen LogP contribution >= 0.6 is 0 Å². The summed E-state index contributed by atoms with van der Waals surface area (Å²) in [5, 5.41) is 8.29. The van der Waals surface area contributed by atoms with Crippen LogP contribution in [0.4, 0.5) is 17.6 Å². The molecule has 1 atom stereocenters. The first-order chi connectivity index (χ1) is 8.29. The van der Waals surface area contributed by atoms with Crippen molar-refractivity contribution in [3.63, 3.8) is 0 Å². The van der Waals surface area contributed by atoms with Crippen molar-refractivity contribution in [1.82, 2.24) is 0 Å². The molecule has 0 heterocycles. The summed E-state index contributed by atoms with van der Waals surface area (Å²) in [5.41, 5.74) is -0.909. The second kappa shape index (κ2) is 5.70. The summed E-state index contributed by atoms with van der Waals surface area (Å²) >= 11 is 0. The van der Waals surface area contributed by atoms with Crippen molar-refractivity contribution in [1.29, 1.82) is 0 Å². The Morgan fingerprint density at radius 2 is 2.06 bits per heavy atom. The zero-order valence-corrected chi connectivity index (χ0v) is 9.08. The van der Waals surface area contributed by atoms with E-state index >= 15 is 0 Å². The van der Waals surface area contributed by atoms with Crippen LogP contribution in [-0.4, -0.2) is 23.9 Å². The van der Waals surface area contributed by atoms with Crippen molar-refractivity contribution < 1.29 is 32.2 Å². The lowest BCUT2D eigenvalue weighted by atomic mass is 10.2. The highest BCUT2D eigenvalue weighted by Gasteiger charge is 2.30. The van der Waals surface area contributed by atoms with Gasteiger partial charge in [0.05, 0.1) is 12.0 Å². The van der Waals surface area contributed by atoms with Crippen LogP contribution in [0.2, 0.25) is 0 Å². The molecule has 0 saturated heterocycles. The van der Waals surface area contributed by atoms with Crippen molar-refractivity contribution in [2.24, 2.45) is 0 Å². The van der Waals surface area contributed by atoms with Crippen LogP contribution in [0.1, 0.15) is 12.0 Å². The molecule has 0 fully saturated rings. The first kappa shape index (κ1) is 14.3. The Bertz CT molecular complexity index is 417. The predicted octanol–water partition coefficient (Wildman–Crippen LogP) is 2.90. The average Bonchev–Trinajstić information content (AvgIpc) is 2.25. The third-order valence-electron chi connectivity index (χ3n) is 1.99. The molecule has 0 aliphatic heterocycles. The van der Waals surface area contributed by atoms with E-state index in [1.54, 1.807) is 0 Å². The summed E-state index contributed by atoms with van der Waals surface area (Å²) in [7, 11) is 0. The van der Waals surface area contributed by atoms with Crippen LogP contribution in [0.5, 0.6) is 5.75 Å². The van der Waals surface area contributed by atoms with Gasteiger partial charge < -0.3 is 9.84 Å². The van der Waals surface area contributed by atoms with E-state index in [-0.39, 0.29) is 5.75 Å². The first-order valence-corrected chi connectivity index (χ1v) is 4.95. The van der Waals surface area contributed by atoms with Gasteiger partial charge in [-0.15, -0.1) is 0 Å². The molecule has 0 aliphatic rings. The average molecular weight is 266 g/mol. The molecule has 0 amide bonds. The number of aliphatic carboxylic acids is 1. The van der Waals surface area contributed by atoms with Crippen molar-refractivity contribution in [2.45, 2.75) is 18.8 Å². The smallest absolute Gasteiger partial charge is 0.416 e. The number of rotatable bonds is 5. The van der Waals surface area contributed by atoms with Gasteiger partial charge in [0.2, 0.25) is 0 Å². The molecule has 100 valence electrons. The number of hydrogen-bond donors (Lipinski definition) is 1. The van der Waals surface area contributed by atoms with Crippen LogP contribution in [0, 0.1) is 0 Å². The lowest BCUT2D eigenvalue weighted by Crippen LogP contribution is -2.17. The van der Waals surface area contributed by atoms with Crippen LogP contribution in [0.25, 0.3) is 0 Å². The van der Waals surface area contributed by atoms with Crippen LogP contribution < -0.4 is 4.74 Å². The van der Waals surface area contributed by atoms with E-state index in [2.05, 4.69) is 0 Å². The van der Waals surface area contributed by atoms with Gasteiger partial charge in [0, 0.05) is 0 Å². The molecule has 0 spiro atoms. The summed E-state index contributed by atoms with van der Waals surface area (Å²) in [4.78, 5) is 10.2. The molecular formula is C11H10F4O3. The molecule has 1 rings (SSSR count). The maximum atomic E-state index is 12.9. The van der Waals surface area contributed by atoms with Gasteiger partial charge in [-0.2, -0.15) is 13.2 Å². The normalized spacial score (nSPS) is 13.1. The van der Waals surface area contributed by atoms with E-state index in [1.807, 2.05) is 0 Å². The van der Waals surface area contributed by atoms with E-state index in [4.69, 9.17) is 9.84 Å². The molecule has 0 aromatic heterocycles. The molecule has 0 aliphatic carbocycles. The molecule has 3 nitrogen and oxygen atoms in total. The molecule has 0 radical (unpaired) electrons. The first-order valence-electron chi connectivity index (χ1n) is 4.95. The third kappa shape index (κ3) is 4.60. The van der Waals surface area contributed by atoms with Crippen LogP contribution in [0.3, 0.4) is 0 Å². The molecule has 0 saturated carbocycles. The van der Waals surface area contributed by atoms with Gasteiger partial charge in [-0.05, 0) is 18.2 Å². The highest BCUT2D eigenvalue weighted by atomic mass is 19.4. The van der Waals surface area contributed by atoms with Crippen molar-refractivity contribution >= 4 is 5.97 Å². The van der Waals surface area contributed by atoms with E-state index in [0.717, 1.165) is 18.2 Å². The van der Waals surface area contributed by atoms with E-state index in [9.17, 15) is 22.4 Å². The van der Waals surface area contributed by atoms with Crippen LogP contribution in [-0.2, 0) is 11.0 Å². The van der Waals surface area contributed by atoms with Crippen molar-refractivity contribution in [3.05, 3.63) is 29.8 Å². The number of ether oxygens (including phenoxy) is 1. The molecule has 7 heteroatoms. The highest BCUT2D eigenvalue weighted by Crippen LogP contribution is 2.31. The Morgan fingerprint density at radius 3 is 2.61 bits per heavy atom. The monoisotopic (exact) mass is 266 g/mol. The number of hydrogen-bond acceptors (Lipinski definition) is 2. The summed E-state index contributed by atoms with van der Waals surface area (Å²) in [6, 6.07) is 3.95. The summed E-state index contributed by atoms with van der Waals surface area (Å²) in [6.07, 6.45) is -7.02. The van der Waals surface area contributed by atoms with Crippen LogP contribution in [0.15, 0.2) is 24.3 Å². The number of carbonyl (C=O) groups is 1. The molecule has 1 N–H and O–H groups in total. The minimum Gasteiger partial charge on any atom is -0.491 e. The number of benzene rings is 1. The minimum absolute atomic E-state index is 0.155. The zero-order valence-electron chi connectivity index (χ0n) is 9.08. The molecule has 1 aromatic carbocycles. The maximum absolute atomic E-state index is 12.9. The van der Waals surface area contributed by atoms with Crippen molar-refractivity contribution in [2.75, 3.05) is 6.61 Å². The van der Waals surface area contributed by atoms with E-state index in [1.165, 1.54) is 6.07 Å². The van der Waals surface area contributed by atoms with Crippen molar-refractivity contribution in [3.8, 4) is 5.75 Å². The van der Waals surface area contributed by atoms with Gasteiger partial charge in [-0.25, -0.2) is 4.39 Å². The van der Waals surface area contributed by atoms with E-state index in [0.29, 0.717) is 0 Å². The number of carboxylic acids is 1. The SMILES string of the molecule is O=C(O)CC(F)COc1cccc(C(F)(F)F)c1. The Labute approximate surface area is 100.0 Å². The Kier molecular flexibility index (Phi) is 4.52. The summed E-state index contributed by atoms with van der Waals surface area (Å²) in [5.74, 6) is -1.49. The summed E-state index contributed by atoms with van der Waals surface area (Å²) in [6.45, 7) is -0.604. The number of halogens is 4. The lowest BCUT2D eigenvalue weighted by molar-refractivity contribution is -0.138. The number of carboxylic acid groups (broad SMARTS) is 1. The fraction of sp³-hybridized carbons (Fsp3) is 0.364. The Balaban J connectivity index is 2.60. The zero-order chi connectivity index (χ0) is 13.8. The molecule has 1 unspecified atom stereocenters. The Morgan fingerprint density at radius 1 is 1.39 bits per heavy atom. The quantitative estimate of drug-likeness (QED) is 0.833. The Hall–Kier alpha value is -1.79. The third-order valence-corrected chi connectivity index (χ3v) is 1.99. The maximum Gasteiger partial charge on any atom is 0.416 e. The molecule has 0 bridgehead atoms. The van der Waals surface area contributed by atoms with Gasteiger partial charge in [0.1, 0.15) is 18.5 Å². The fourth-order valence-electron chi connectivity index (χ4n) is 1.20. The number of alkyl halides is 4. The second-order valence-corrected chi connectivity index (χ2v) is 3.53. The predicted molar refractivity (Wildman–Crippen MR) is 54.1 cm³/mol. The second-order valence-electron chi connectivity index (χ2n) is 3.53. The standard InChI is InChI=1S/C11H10F4O3/c12-8(5-10(16)17)6-18-9-3-1-2-7(4-9)11(13,14)15/h1-4,8H,5-6H2,(H,16,17). The van der Waals surface area contributed by atoms with Gasteiger partial charge >= 0.3 is 12.1 Å². The van der Waals surface area contributed by atoms with Gasteiger partial charge in [0.25, 0.3) is 0 Å². The molecule has 18 heavy (non-hydrogen) atoms. The summed E-state index contributed by atoms with van der Waals surface area (Å²) < 4.78 is 54.7. The lowest BCUT2D eigenvalue weighted by Gasteiger charge is -2.11. The highest BCUT2D eigenvalue weighted by molar-refractivity contribution is 5.67. The minimum atomic E-state index is -4.50. The van der Waals surface area contributed by atoms with Gasteiger partial charge in [-0.1, -0.05) is 6.07 Å². The largest absolute Gasteiger partial charge is 0.491 e. The molecule has 1 aromatic rings. The van der Waals surface area contributed by atoms with Gasteiger partial charge in [-0.3, -0.25) is 4.79 Å². The topological polar surface area (TPSA) is 46.5 Å². The van der Waals surface area contributed by atoms with E-state index < -0.39 is 36.9 Å². The van der Waals surface area contributed by atoms with Gasteiger partial charge in [0.15, 0.2) is 0 Å².